The first-order chi connectivity index (χ1) is 11.5. The highest BCUT2D eigenvalue weighted by atomic mass is 32.2. The average Bonchev–Trinajstić information content (AvgIpc) is 3.26. The maximum absolute atomic E-state index is 12.7. The maximum Gasteiger partial charge on any atom is 0.309 e. The van der Waals surface area contributed by atoms with Crippen molar-refractivity contribution in [3.63, 3.8) is 0 Å². The molecule has 1 aromatic rings. The number of nitrogens with one attached hydrogen (secondary N) is 2. The van der Waals surface area contributed by atoms with Crippen molar-refractivity contribution in [2.45, 2.75) is 42.7 Å². The molecule has 1 aliphatic heterocycles. The Hall–Kier alpha value is -1.93. The molecule has 1 aliphatic carbocycles. The largest absolute Gasteiger partial charge is 0.346 e. The molecule has 0 unspecified atom stereocenters. The van der Waals surface area contributed by atoms with Crippen LogP contribution in [0.3, 0.4) is 0 Å². The zero-order valence-corrected chi connectivity index (χ0v) is 14.1. The smallest absolute Gasteiger partial charge is 0.309 e. The van der Waals surface area contributed by atoms with Crippen molar-refractivity contribution in [2.24, 2.45) is 0 Å². The molecule has 2 N–H and O–H groups in total. The van der Waals surface area contributed by atoms with Crippen LogP contribution in [0.15, 0.2) is 35.2 Å². The Kier molecular flexibility index (Phi) is 4.86. The molecule has 24 heavy (non-hydrogen) atoms. The summed E-state index contributed by atoms with van der Waals surface area (Å²) in [4.78, 5) is 23.7. The minimum atomic E-state index is -3.58. The topological polar surface area (TPSA) is 95.6 Å². The number of carbonyl (C=O) groups is 2. The van der Waals surface area contributed by atoms with Crippen molar-refractivity contribution in [1.82, 2.24) is 14.9 Å². The fraction of sp³-hybridized carbons (Fsp3) is 0.500. The summed E-state index contributed by atoms with van der Waals surface area (Å²) in [7, 11) is -3.58. The van der Waals surface area contributed by atoms with E-state index in [1.165, 1.54) is 4.31 Å². The van der Waals surface area contributed by atoms with E-state index >= 15 is 0 Å². The van der Waals surface area contributed by atoms with Gasteiger partial charge in [-0.05, 0) is 37.8 Å². The molecule has 1 saturated carbocycles. The molecule has 0 radical (unpaired) electrons. The van der Waals surface area contributed by atoms with E-state index in [1.54, 1.807) is 30.3 Å². The molecule has 2 fully saturated rings. The third kappa shape index (κ3) is 3.76. The number of amides is 2. The molecule has 8 heteroatoms. The maximum atomic E-state index is 12.7. The predicted molar refractivity (Wildman–Crippen MR) is 87.5 cm³/mol. The first-order valence-corrected chi connectivity index (χ1v) is 9.58. The molecule has 1 aromatic carbocycles. The molecule has 7 nitrogen and oxygen atoms in total. The molecule has 0 bridgehead atoms. The summed E-state index contributed by atoms with van der Waals surface area (Å²) in [5.41, 5.74) is 0. The quantitative estimate of drug-likeness (QED) is 0.743. The summed E-state index contributed by atoms with van der Waals surface area (Å²) >= 11 is 0. The van der Waals surface area contributed by atoms with E-state index < -0.39 is 21.8 Å². The van der Waals surface area contributed by atoms with E-state index in [2.05, 4.69) is 10.6 Å². The van der Waals surface area contributed by atoms with Crippen LogP contribution in [0.4, 0.5) is 0 Å². The Balaban J connectivity index is 1.61. The van der Waals surface area contributed by atoms with Gasteiger partial charge in [-0.25, -0.2) is 8.42 Å². The molecule has 2 amide bonds. The molecular weight excluding hydrogens is 330 g/mol. The number of sulfonamides is 1. The van der Waals surface area contributed by atoms with Crippen molar-refractivity contribution in [3.05, 3.63) is 30.3 Å². The molecule has 2 aliphatic rings. The van der Waals surface area contributed by atoms with E-state index in [9.17, 15) is 18.0 Å². The molecule has 3 rings (SSSR count). The first-order valence-electron chi connectivity index (χ1n) is 8.14. The van der Waals surface area contributed by atoms with E-state index in [-0.39, 0.29) is 23.5 Å². The van der Waals surface area contributed by atoms with Crippen molar-refractivity contribution in [3.8, 4) is 0 Å². The fourth-order valence-corrected chi connectivity index (χ4v) is 4.54. The third-order valence-electron chi connectivity index (χ3n) is 4.29. The molecule has 1 saturated heterocycles. The van der Waals surface area contributed by atoms with Gasteiger partial charge < -0.3 is 10.6 Å². The van der Waals surface area contributed by atoms with Crippen LogP contribution in [-0.4, -0.2) is 49.7 Å². The molecule has 0 aromatic heterocycles. The van der Waals surface area contributed by atoms with E-state index in [0.717, 1.165) is 19.3 Å². The lowest BCUT2D eigenvalue weighted by Crippen LogP contribution is -2.47. The number of nitrogens with zero attached hydrogens (tertiary/aromatic N) is 1. The third-order valence-corrected chi connectivity index (χ3v) is 6.26. The minimum absolute atomic E-state index is 0.115. The van der Waals surface area contributed by atoms with Crippen molar-refractivity contribution in [1.29, 1.82) is 0 Å². The highest BCUT2D eigenvalue weighted by Crippen LogP contribution is 2.25. The Morgan fingerprint density at radius 3 is 2.46 bits per heavy atom. The molecular formula is C16H21N3O4S. The SMILES string of the molecule is O=C(NC[C@@H]1CCCN1S(=O)(=O)c1ccccc1)C(=O)NC1CC1. The van der Waals surface area contributed by atoms with Crippen LogP contribution >= 0.6 is 0 Å². The van der Waals surface area contributed by atoms with Gasteiger partial charge in [0.1, 0.15) is 0 Å². The summed E-state index contributed by atoms with van der Waals surface area (Å²) < 4.78 is 26.8. The molecule has 1 heterocycles. The standard InChI is InChI=1S/C16H21N3O4S/c20-15(16(21)18-12-8-9-12)17-11-13-5-4-10-19(13)24(22,23)14-6-2-1-3-7-14/h1-3,6-7,12-13H,4-5,8-11H2,(H,17,20)(H,18,21)/t13-/m0/s1. The zero-order chi connectivity index (χ0) is 17.2. The van der Waals surface area contributed by atoms with Crippen LogP contribution in [0.2, 0.25) is 0 Å². The lowest BCUT2D eigenvalue weighted by Gasteiger charge is -2.24. The number of carbonyl (C=O) groups excluding carboxylic acids is 2. The van der Waals surface area contributed by atoms with Gasteiger partial charge in [-0.3, -0.25) is 9.59 Å². The molecule has 0 spiro atoms. The number of hydrogen-bond donors (Lipinski definition) is 2. The highest BCUT2D eigenvalue weighted by molar-refractivity contribution is 7.89. The van der Waals surface area contributed by atoms with Crippen molar-refractivity contribution >= 4 is 21.8 Å². The lowest BCUT2D eigenvalue weighted by atomic mass is 10.2. The van der Waals surface area contributed by atoms with E-state index in [0.29, 0.717) is 13.0 Å². The summed E-state index contributed by atoms with van der Waals surface area (Å²) in [5, 5.41) is 5.17. The van der Waals surface area contributed by atoms with Gasteiger partial charge in [-0.1, -0.05) is 18.2 Å². The fourth-order valence-electron chi connectivity index (χ4n) is 2.83. The monoisotopic (exact) mass is 351 g/mol. The van der Waals surface area contributed by atoms with Gasteiger partial charge in [-0.15, -0.1) is 0 Å². The van der Waals surface area contributed by atoms with Gasteiger partial charge in [0.25, 0.3) is 0 Å². The van der Waals surface area contributed by atoms with Crippen LogP contribution in [0.25, 0.3) is 0 Å². The Morgan fingerprint density at radius 1 is 1.08 bits per heavy atom. The first kappa shape index (κ1) is 16.9. The van der Waals surface area contributed by atoms with Gasteiger partial charge in [0, 0.05) is 25.2 Å². The molecule has 1 atom stereocenters. The summed E-state index contributed by atoms with van der Waals surface area (Å²) in [6.45, 7) is 0.565. The average molecular weight is 351 g/mol. The van der Waals surface area contributed by atoms with Crippen LogP contribution in [-0.2, 0) is 19.6 Å². The minimum Gasteiger partial charge on any atom is -0.346 e. The van der Waals surface area contributed by atoms with Gasteiger partial charge in [-0.2, -0.15) is 4.31 Å². The predicted octanol–water partition coefficient (Wildman–Crippen LogP) is 0.234. The summed E-state index contributed by atoms with van der Waals surface area (Å²) in [5.74, 6) is -1.35. The Labute approximate surface area is 141 Å². The van der Waals surface area contributed by atoms with Gasteiger partial charge in [0.2, 0.25) is 10.0 Å². The van der Waals surface area contributed by atoms with Crippen LogP contribution in [0, 0.1) is 0 Å². The van der Waals surface area contributed by atoms with Crippen LogP contribution < -0.4 is 10.6 Å². The van der Waals surface area contributed by atoms with E-state index in [1.807, 2.05) is 0 Å². The second-order valence-corrected chi connectivity index (χ2v) is 8.07. The summed E-state index contributed by atoms with van der Waals surface area (Å²) in [6, 6.07) is 8.04. The zero-order valence-electron chi connectivity index (χ0n) is 13.3. The Bertz CT molecular complexity index is 716. The molecule has 130 valence electrons. The van der Waals surface area contributed by atoms with Crippen molar-refractivity contribution < 1.29 is 18.0 Å². The van der Waals surface area contributed by atoms with Gasteiger partial charge in [0.15, 0.2) is 0 Å². The van der Waals surface area contributed by atoms with Gasteiger partial charge >= 0.3 is 11.8 Å². The van der Waals surface area contributed by atoms with Crippen LogP contribution in [0.1, 0.15) is 25.7 Å². The second-order valence-electron chi connectivity index (χ2n) is 6.18. The van der Waals surface area contributed by atoms with E-state index in [4.69, 9.17) is 0 Å². The highest BCUT2D eigenvalue weighted by Gasteiger charge is 2.35. The van der Waals surface area contributed by atoms with Crippen molar-refractivity contribution in [2.75, 3.05) is 13.1 Å². The lowest BCUT2D eigenvalue weighted by molar-refractivity contribution is -0.139. The summed E-state index contributed by atoms with van der Waals surface area (Å²) in [6.07, 6.45) is 3.22. The second kappa shape index (κ2) is 6.90. The normalized spacial score (nSPS) is 21.4. The number of benzene rings is 1. The van der Waals surface area contributed by atoms with Gasteiger partial charge in [0.05, 0.1) is 4.90 Å². The Morgan fingerprint density at radius 2 is 1.79 bits per heavy atom. The number of rotatable bonds is 5. The van der Waals surface area contributed by atoms with Crippen LogP contribution in [0.5, 0.6) is 0 Å². The number of hydrogen-bond acceptors (Lipinski definition) is 4.